The van der Waals surface area contributed by atoms with Crippen molar-refractivity contribution < 1.29 is 27.5 Å². The molecule has 9 nitrogen and oxygen atoms in total. The number of halogens is 1. The van der Waals surface area contributed by atoms with E-state index in [0.29, 0.717) is 22.9 Å². The van der Waals surface area contributed by atoms with Gasteiger partial charge < -0.3 is 19.7 Å². The van der Waals surface area contributed by atoms with E-state index in [0.717, 1.165) is 16.1 Å². The number of nitrogens with one attached hydrogen (secondary N) is 1. The number of nitrogens with zero attached hydrogens (tertiary/aromatic N) is 2. The molecule has 36 heavy (non-hydrogen) atoms. The lowest BCUT2D eigenvalue weighted by Crippen LogP contribution is -2.53. The fraction of sp³-hybridized carbons (Fsp3) is 0.440. The van der Waals surface area contributed by atoms with Gasteiger partial charge in [-0.15, -0.1) is 0 Å². The molecule has 0 spiro atoms. The van der Waals surface area contributed by atoms with Gasteiger partial charge in [-0.05, 0) is 50.1 Å². The Morgan fingerprint density at radius 2 is 1.64 bits per heavy atom. The quantitative estimate of drug-likeness (QED) is 0.443. The highest BCUT2D eigenvalue weighted by atomic mass is 35.5. The molecule has 0 aliphatic rings. The third-order valence-electron chi connectivity index (χ3n) is 5.42. The molecule has 2 aromatic rings. The van der Waals surface area contributed by atoms with Crippen LogP contribution in [-0.4, -0.2) is 64.2 Å². The molecule has 0 aliphatic heterocycles. The molecular weight excluding hydrogens is 506 g/mol. The number of hydrogen-bond donors (Lipinski definition) is 1. The zero-order valence-corrected chi connectivity index (χ0v) is 23.0. The molecule has 1 N–H and O–H groups in total. The van der Waals surface area contributed by atoms with Crippen LogP contribution in [0.1, 0.15) is 32.8 Å². The van der Waals surface area contributed by atoms with Crippen molar-refractivity contribution in [2.75, 3.05) is 31.3 Å². The van der Waals surface area contributed by atoms with E-state index in [9.17, 15) is 18.0 Å². The molecule has 0 heterocycles. The minimum Gasteiger partial charge on any atom is -0.493 e. The maximum absolute atomic E-state index is 13.7. The van der Waals surface area contributed by atoms with Crippen LogP contribution in [0, 0.1) is 0 Å². The Bertz CT molecular complexity index is 1150. The standard InChI is InChI=1S/C25H34ClN3O6S/c1-7-21(25(31)27-17(2)3)28(15-18-8-10-19(26)11-9-18)24(30)16-29(36(6,32)33)20-12-13-22(34-4)23(14-20)35-5/h8-14,17,21H,7,15-16H2,1-6H3,(H,27,31)/t21-/m1/s1. The van der Waals surface area contributed by atoms with Crippen molar-refractivity contribution in [1.82, 2.24) is 10.2 Å². The zero-order chi connectivity index (χ0) is 27.0. The molecular formula is C25H34ClN3O6S. The van der Waals surface area contributed by atoms with E-state index in [1.54, 1.807) is 37.3 Å². The highest BCUT2D eigenvalue weighted by molar-refractivity contribution is 7.92. The Labute approximate surface area is 218 Å². The maximum atomic E-state index is 13.7. The predicted molar refractivity (Wildman–Crippen MR) is 141 cm³/mol. The van der Waals surface area contributed by atoms with E-state index in [4.69, 9.17) is 21.1 Å². The van der Waals surface area contributed by atoms with Gasteiger partial charge in [0.25, 0.3) is 0 Å². The SMILES string of the molecule is CC[C@H](C(=O)NC(C)C)N(Cc1ccc(Cl)cc1)C(=O)CN(c1ccc(OC)c(OC)c1)S(C)(=O)=O. The number of carbonyl (C=O) groups excluding carboxylic acids is 2. The van der Waals surface area contributed by atoms with Gasteiger partial charge in [0.15, 0.2) is 11.5 Å². The average molecular weight is 540 g/mol. The maximum Gasteiger partial charge on any atom is 0.244 e. The van der Waals surface area contributed by atoms with Crippen molar-refractivity contribution in [3.05, 3.63) is 53.1 Å². The first-order valence-electron chi connectivity index (χ1n) is 11.4. The first-order chi connectivity index (χ1) is 16.9. The van der Waals surface area contributed by atoms with Crippen LogP contribution in [0.15, 0.2) is 42.5 Å². The summed E-state index contributed by atoms with van der Waals surface area (Å²) in [7, 11) is -0.965. The monoisotopic (exact) mass is 539 g/mol. The van der Waals surface area contributed by atoms with Crippen LogP contribution >= 0.6 is 11.6 Å². The summed E-state index contributed by atoms with van der Waals surface area (Å²) >= 11 is 6.00. The van der Waals surface area contributed by atoms with E-state index >= 15 is 0 Å². The molecule has 0 unspecified atom stereocenters. The topological polar surface area (TPSA) is 105 Å². The van der Waals surface area contributed by atoms with E-state index < -0.39 is 28.5 Å². The first kappa shape index (κ1) is 29.3. The number of hydrogen-bond acceptors (Lipinski definition) is 6. The number of sulfonamides is 1. The summed E-state index contributed by atoms with van der Waals surface area (Å²) in [4.78, 5) is 28.1. The van der Waals surface area contributed by atoms with E-state index in [2.05, 4.69) is 5.32 Å². The van der Waals surface area contributed by atoms with Crippen molar-refractivity contribution in [3.63, 3.8) is 0 Å². The van der Waals surface area contributed by atoms with Gasteiger partial charge in [-0.1, -0.05) is 30.7 Å². The Kier molecular flexibility index (Phi) is 10.4. The minimum atomic E-state index is -3.87. The number of carbonyl (C=O) groups is 2. The predicted octanol–water partition coefficient (Wildman–Crippen LogP) is 3.46. The normalized spacial score (nSPS) is 12.1. The van der Waals surface area contributed by atoms with E-state index in [1.807, 2.05) is 13.8 Å². The van der Waals surface area contributed by atoms with Crippen LogP contribution in [0.3, 0.4) is 0 Å². The highest BCUT2D eigenvalue weighted by Gasteiger charge is 2.32. The van der Waals surface area contributed by atoms with Crippen LogP contribution in [0.2, 0.25) is 5.02 Å². The molecule has 2 aromatic carbocycles. The Morgan fingerprint density at radius 1 is 1.03 bits per heavy atom. The number of amides is 2. The Balaban J connectivity index is 2.48. The van der Waals surface area contributed by atoms with Gasteiger partial charge in [0.2, 0.25) is 21.8 Å². The number of ether oxygens (including phenoxy) is 2. The summed E-state index contributed by atoms with van der Waals surface area (Å²) in [5.41, 5.74) is 0.982. The van der Waals surface area contributed by atoms with Crippen LogP contribution in [0.25, 0.3) is 0 Å². The molecule has 2 rings (SSSR count). The van der Waals surface area contributed by atoms with Crippen molar-refractivity contribution in [3.8, 4) is 11.5 Å². The molecule has 1 atom stereocenters. The molecule has 0 fully saturated rings. The molecule has 2 amide bonds. The molecule has 198 valence electrons. The smallest absolute Gasteiger partial charge is 0.244 e. The lowest BCUT2D eigenvalue weighted by atomic mass is 10.1. The highest BCUT2D eigenvalue weighted by Crippen LogP contribution is 2.32. The summed E-state index contributed by atoms with van der Waals surface area (Å²) in [5, 5.41) is 3.39. The van der Waals surface area contributed by atoms with Gasteiger partial charge in [0.1, 0.15) is 12.6 Å². The van der Waals surface area contributed by atoms with Crippen LogP contribution < -0.4 is 19.1 Å². The lowest BCUT2D eigenvalue weighted by Gasteiger charge is -2.33. The van der Waals surface area contributed by atoms with E-state index in [1.165, 1.54) is 31.3 Å². The summed E-state index contributed by atoms with van der Waals surface area (Å²) in [6, 6.07) is 10.6. The van der Waals surface area contributed by atoms with Gasteiger partial charge in [-0.2, -0.15) is 0 Å². The number of rotatable bonds is 12. The molecule has 0 aliphatic carbocycles. The fourth-order valence-corrected chi connectivity index (χ4v) is 4.65. The fourth-order valence-electron chi connectivity index (χ4n) is 3.68. The Hall–Kier alpha value is -2.98. The third kappa shape index (κ3) is 7.76. The summed E-state index contributed by atoms with van der Waals surface area (Å²) < 4.78 is 37.0. The first-order valence-corrected chi connectivity index (χ1v) is 13.7. The van der Waals surface area contributed by atoms with Crippen LogP contribution in [0.5, 0.6) is 11.5 Å². The lowest BCUT2D eigenvalue weighted by molar-refractivity contribution is -0.140. The van der Waals surface area contributed by atoms with Crippen LogP contribution in [0.4, 0.5) is 5.69 Å². The second-order valence-corrected chi connectivity index (χ2v) is 10.9. The molecule has 11 heteroatoms. The van der Waals surface area contributed by atoms with Crippen molar-refractivity contribution in [2.24, 2.45) is 0 Å². The number of anilines is 1. The number of methoxy groups -OCH3 is 2. The Morgan fingerprint density at radius 3 is 2.14 bits per heavy atom. The molecule has 0 aromatic heterocycles. The summed E-state index contributed by atoms with van der Waals surface area (Å²) in [6.45, 7) is 5.06. The second-order valence-electron chi connectivity index (χ2n) is 8.54. The second kappa shape index (κ2) is 12.8. The van der Waals surface area contributed by atoms with Gasteiger partial charge in [-0.25, -0.2) is 8.42 Å². The van der Waals surface area contributed by atoms with Crippen molar-refractivity contribution >= 4 is 39.1 Å². The van der Waals surface area contributed by atoms with Gasteiger partial charge in [0.05, 0.1) is 26.2 Å². The largest absolute Gasteiger partial charge is 0.493 e. The van der Waals surface area contributed by atoms with Gasteiger partial charge >= 0.3 is 0 Å². The summed E-state index contributed by atoms with van der Waals surface area (Å²) in [5.74, 6) is -0.110. The zero-order valence-electron chi connectivity index (χ0n) is 21.4. The average Bonchev–Trinajstić information content (AvgIpc) is 2.81. The number of benzene rings is 2. The van der Waals surface area contributed by atoms with Crippen LogP contribution in [-0.2, 0) is 26.2 Å². The van der Waals surface area contributed by atoms with E-state index in [-0.39, 0.29) is 24.2 Å². The van der Waals surface area contributed by atoms with Gasteiger partial charge in [-0.3, -0.25) is 13.9 Å². The van der Waals surface area contributed by atoms with Crippen molar-refractivity contribution in [1.29, 1.82) is 0 Å². The van der Waals surface area contributed by atoms with Crippen molar-refractivity contribution in [2.45, 2.75) is 45.8 Å². The summed E-state index contributed by atoms with van der Waals surface area (Å²) in [6.07, 6.45) is 1.36. The molecule has 0 saturated carbocycles. The third-order valence-corrected chi connectivity index (χ3v) is 6.81. The molecule has 0 saturated heterocycles. The molecule has 0 bridgehead atoms. The van der Waals surface area contributed by atoms with Gasteiger partial charge in [0, 0.05) is 23.7 Å². The molecule has 0 radical (unpaired) electrons. The minimum absolute atomic E-state index is 0.101.